The van der Waals surface area contributed by atoms with Gasteiger partial charge in [0.05, 0.1) is 34.6 Å². The van der Waals surface area contributed by atoms with Crippen LogP contribution < -0.4 is 15.2 Å². The summed E-state index contributed by atoms with van der Waals surface area (Å²) in [5.74, 6) is 0.00162. The number of methoxy groups -OCH3 is 1. The van der Waals surface area contributed by atoms with Gasteiger partial charge in [-0.15, -0.1) is 11.3 Å². The molecular formula is C23H21FN4O4S. The number of aromatic nitrogens is 3. The molecule has 0 radical (unpaired) electrons. The first-order chi connectivity index (χ1) is 15.9. The molecule has 1 aliphatic rings. The van der Waals surface area contributed by atoms with Crippen LogP contribution in [0.15, 0.2) is 30.5 Å². The number of halogens is 1. The van der Waals surface area contributed by atoms with Crippen LogP contribution in [0.25, 0.3) is 31.8 Å². The van der Waals surface area contributed by atoms with Gasteiger partial charge in [-0.2, -0.15) is 0 Å². The van der Waals surface area contributed by atoms with Crippen LogP contribution in [0, 0.1) is 12.7 Å². The molecule has 1 amide bonds. The highest BCUT2D eigenvalue weighted by molar-refractivity contribution is 7.21. The minimum Gasteiger partial charge on any atom is -0.483 e. The highest BCUT2D eigenvalue weighted by Gasteiger charge is 2.32. The van der Waals surface area contributed by atoms with Gasteiger partial charge in [-0.25, -0.2) is 24.1 Å². The molecule has 0 saturated heterocycles. The fourth-order valence-electron chi connectivity index (χ4n) is 4.12. The monoisotopic (exact) mass is 468 g/mol. The fourth-order valence-corrected chi connectivity index (χ4v) is 5.11. The van der Waals surface area contributed by atoms with E-state index in [0.29, 0.717) is 40.3 Å². The number of amides is 1. The van der Waals surface area contributed by atoms with Gasteiger partial charge in [-0.3, -0.25) is 0 Å². The number of ether oxygens (including phenoxy) is 3. The molecule has 1 fully saturated rings. The number of hydrogen-bond donors (Lipinski definition) is 1. The second kappa shape index (κ2) is 8.43. The Labute approximate surface area is 192 Å². The zero-order valence-corrected chi connectivity index (χ0v) is 18.8. The highest BCUT2D eigenvalue weighted by Crippen LogP contribution is 2.38. The molecule has 0 bridgehead atoms. The number of aryl methyl sites for hydroxylation is 1. The minimum absolute atomic E-state index is 0.0984. The molecule has 10 heteroatoms. The maximum absolute atomic E-state index is 14.8. The van der Waals surface area contributed by atoms with Crippen LogP contribution >= 0.6 is 11.3 Å². The summed E-state index contributed by atoms with van der Waals surface area (Å²) in [7, 11) is 1.54. The number of rotatable bonds is 5. The molecule has 8 nitrogen and oxygen atoms in total. The molecule has 1 aliphatic carbocycles. The van der Waals surface area contributed by atoms with Gasteiger partial charge in [-0.1, -0.05) is 0 Å². The van der Waals surface area contributed by atoms with Crippen molar-refractivity contribution >= 4 is 38.7 Å². The number of nitrogens with two attached hydrogens (primary N) is 1. The molecule has 2 aromatic carbocycles. The Hall–Kier alpha value is -3.53. The van der Waals surface area contributed by atoms with Crippen molar-refractivity contribution in [3.05, 3.63) is 41.8 Å². The summed E-state index contributed by atoms with van der Waals surface area (Å²) >= 11 is 1.41. The summed E-state index contributed by atoms with van der Waals surface area (Å²) in [4.78, 5) is 24.8. The van der Waals surface area contributed by atoms with E-state index in [1.165, 1.54) is 17.4 Å². The average molecular weight is 469 g/mol. The van der Waals surface area contributed by atoms with E-state index >= 15 is 0 Å². The van der Waals surface area contributed by atoms with Gasteiger partial charge in [0.25, 0.3) is 0 Å². The predicted octanol–water partition coefficient (Wildman–Crippen LogP) is 4.76. The lowest BCUT2D eigenvalue weighted by Gasteiger charge is -2.20. The Morgan fingerprint density at radius 2 is 1.97 bits per heavy atom. The van der Waals surface area contributed by atoms with Crippen molar-refractivity contribution in [3.8, 4) is 22.2 Å². The van der Waals surface area contributed by atoms with Crippen LogP contribution in [0.4, 0.5) is 9.18 Å². The standard InChI is InChI=1S/C23H21FN4O4S/c1-11-6-12(21-15(7-11)27-20(30-2)10-26-21)22-28-14-8-13(24)18(9-19(14)33-22)31-16-4-3-5-17(16)32-23(25)29/h6-10,16-17H,3-5H2,1-2H3,(H2,25,29)/t16-,17+/m0/s1. The van der Waals surface area contributed by atoms with Gasteiger partial charge >= 0.3 is 6.09 Å². The normalized spacial score (nSPS) is 18.0. The molecule has 2 heterocycles. The van der Waals surface area contributed by atoms with Gasteiger partial charge in [0.15, 0.2) is 11.6 Å². The van der Waals surface area contributed by atoms with E-state index in [-0.39, 0.29) is 5.75 Å². The third kappa shape index (κ3) is 4.13. The third-order valence-corrected chi connectivity index (χ3v) is 6.64. The first-order valence-electron chi connectivity index (χ1n) is 10.5. The van der Waals surface area contributed by atoms with Crippen molar-refractivity contribution in [2.45, 2.75) is 38.4 Å². The Kier molecular flexibility index (Phi) is 5.45. The summed E-state index contributed by atoms with van der Waals surface area (Å²) < 4.78 is 31.8. The lowest BCUT2D eigenvalue weighted by molar-refractivity contribution is 0.0377. The van der Waals surface area contributed by atoms with Gasteiger partial charge < -0.3 is 19.9 Å². The van der Waals surface area contributed by atoms with Crippen molar-refractivity contribution in [2.75, 3.05) is 7.11 Å². The van der Waals surface area contributed by atoms with E-state index in [9.17, 15) is 9.18 Å². The van der Waals surface area contributed by atoms with Gasteiger partial charge in [0.1, 0.15) is 17.2 Å². The number of carbonyl (C=O) groups is 1. The Morgan fingerprint density at radius 1 is 1.15 bits per heavy atom. The molecule has 33 heavy (non-hydrogen) atoms. The Morgan fingerprint density at radius 3 is 2.76 bits per heavy atom. The molecule has 1 saturated carbocycles. The second-order valence-corrected chi connectivity index (χ2v) is 8.96. The first-order valence-corrected chi connectivity index (χ1v) is 11.3. The van der Waals surface area contributed by atoms with Crippen LogP contribution in [0.1, 0.15) is 24.8 Å². The number of hydrogen-bond acceptors (Lipinski definition) is 8. The number of primary amides is 1. The molecule has 0 spiro atoms. The molecule has 2 atom stereocenters. The summed E-state index contributed by atoms with van der Waals surface area (Å²) in [5, 5.41) is 0.700. The maximum atomic E-state index is 14.8. The van der Waals surface area contributed by atoms with Crippen LogP contribution in [0.5, 0.6) is 11.6 Å². The smallest absolute Gasteiger partial charge is 0.404 e. The van der Waals surface area contributed by atoms with Gasteiger partial charge in [0.2, 0.25) is 5.88 Å². The van der Waals surface area contributed by atoms with Crippen LogP contribution in [-0.2, 0) is 4.74 Å². The molecule has 4 aromatic rings. The SMILES string of the molecule is COc1cnc2c(-c3nc4cc(F)c(O[C@H]5CCC[C@H]5OC(N)=O)cc4s3)cc(C)cc2n1. The topological polar surface area (TPSA) is 109 Å². The molecule has 5 rings (SSSR count). The van der Waals surface area contributed by atoms with Crippen molar-refractivity contribution in [1.82, 2.24) is 15.0 Å². The number of thiazole rings is 1. The minimum atomic E-state index is -0.857. The first kappa shape index (κ1) is 21.3. The third-order valence-electron chi connectivity index (χ3n) is 5.59. The van der Waals surface area contributed by atoms with Crippen molar-refractivity contribution < 1.29 is 23.4 Å². The number of carbonyl (C=O) groups excluding carboxylic acids is 1. The largest absolute Gasteiger partial charge is 0.483 e. The lowest BCUT2D eigenvalue weighted by atomic mass is 10.1. The van der Waals surface area contributed by atoms with E-state index in [4.69, 9.17) is 19.9 Å². The molecule has 0 aliphatic heterocycles. The predicted molar refractivity (Wildman–Crippen MR) is 122 cm³/mol. The van der Waals surface area contributed by atoms with E-state index in [1.807, 2.05) is 19.1 Å². The zero-order chi connectivity index (χ0) is 23.1. The molecule has 0 unspecified atom stereocenters. The number of nitrogens with zero attached hydrogens (tertiary/aromatic N) is 3. The van der Waals surface area contributed by atoms with Crippen LogP contribution in [-0.4, -0.2) is 40.4 Å². The molecule has 2 aromatic heterocycles. The van der Waals surface area contributed by atoms with Gasteiger partial charge in [0, 0.05) is 17.7 Å². The second-order valence-electron chi connectivity index (χ2n) is 7.92. The zero-order valence-electron chi connectivity index (χ0n) is 18.0. The van der Waals surface area contributed by atoms with Crippen molar-refractivity contribution in [3.63, 3.8) is 0 Å². The number of benzene rings is 2. The Bertz CT molecular complexity index is 1380. The van der Waals surface area contributed by atoms with E-state index in [2.05, 4.69) is 15.0 Å². The van der Waals surface area contributed by atoms with Gasteiger partial charge in [-0.05, 0) is 43.9 Å². The summed E-state index contributed by atoms with van der Waals surface area (Å²) in [6, 6.07) is 6.91. The van der Waals surface area contributed by atoms with Crippen LogP contribution in [0.3, 0.4) is 0 Å². The van der Waals surface area contributed by atoms with E-state index in [1.54, 1.807) is 19.4 Å². The van der Waals surface area contributed by atoms with Crippen molar-refractivity contribution in [1.29, 1.82) is 0 Å². The fraction of sp³-hybridized carbons (Fsp3) is 0.304. The highest BCUT2D eigenvalue weighted by atomic mass is 32.1. The van der Waals surface area contributed by atoms with E-state index in [0.717, 1.165) is 22.2 Å². The quantitative estimate of drug-likeness (QED) is 0.450. The van der Waals surface area contributed by atoms with Crippen molar-refractivity contribution in [2.24, 2.45) is 5.73 Å². The van der Waals surface area contributed by atoms with E-state index < -0.39 is 24.1 Å². The summed E-state index contributed by atoms with van der Waals surface area (Å²) in [6.07, 6.45) is 1.88. The van der Waals surface area contributed by atoms with Crippen LogP contribution in [0.2, 0.25) is 0 Å². The molecule has 170 valence electrons. The molecular weight excluding hydrogens is 447 g/mol. The number of fused-ring (bicyclic) bond motifs is 2. The summed E-state index contributed by atoms with van der Waals surface area (Å²) in [6.45, 7) is 1.97. The molecule has 2 N–H and O–H groups in total. The average Bonchev–Trinajstić information content (AvgIpc) is 3.38. The lowest BCUT2D eigenvalue weighted by Crippen LogP contribution is -2.33. The maximum Gasteiger partial charge on any atom is 0.404 e. The summed E-state index contributed by atoms with van der Waals surface area (Å²) in [5.41, 5.74) is 8.86. The Balaban J connectivity index is 1.52.